The van der Waals surface area contributed by atoms with E-state index in [1.807, 2.05) is 18.7 Å². The van der Waals surface area contributed by atoms with Crippen molar-refractivity contribution in [1.29, 1.82) is 0 Å². The second-order valence-electron chi connectivity index (χ2n) is 6.47. The molecule has 0 aromatic carbocycles. The molecule has 0 aromatic heterocycles. The zero-order valence-electron chi connectivity index (χ0n) is 12.7. The smallest absolute Gasteiger partial charge is 0.226 e. The SMILES string of the molecule is CCN(CC(C)C(N)=S)C(=O)C1CCCCC1(C)C. The summed E-state index contributed by atoms with van der Waals surface area (Å²) >= 11 is 5.01. The second kappa shape index (κ2) is 6.69. The van der Waals surface area contributed by atoms with E-state index in [0.29, 0.717) is 11.5 Å². The van der Waals surface area contributed by atoms with Gasteiger partial charge in [-0.3, -0.25) is 4.79 Å². The van der Waals surface area contributed by atoms with E-state index in [-0.39, 0.29) is 23.2 Å². The van der Waals surface area contributed by atoms with E-state index in [4.69, 9.17) is 18.0 Å². The van der Waals surface area contributed by atoms with Gasteiger partial charge in [-0.2, -0.15) is 0 Å². The van der Waals surface area contributed by atoms with Gasteiger partial charge in [0, 0.05) is 24.9 Å². The fourth-order valence-corrected chi connectivity index (χ4v) is 3.04. The molecular formula is C15H28N2OS. The highest BCUT2D eigenvalue weighted by atomic mass is 32.1. The lowest BCUT2D eigenvalue weighted by Crippen LogP contribution is -2.46. The summed E-state index contributed by atoms with van der Waals surface area (Å²) in [4.78, 5) is 15.2. The highest BCUT2D eigenvalue weighted by Crippen LogP contribution is 2.41. The van der Waals surface area contributed by atoms with Gasteiger partial charge in [-0.1, -0.05) is 45.8 Å². The summed E-state index contributed by atoms with van der Waals surface area (Å²) < 4.78 is 0. The van der Waals surface area contributed by atoms with Gasteiger partial charge in [0.1, 0.15) is 0 Å². The molecule has 0 radical (unpaired) electrons. The topological polar surface area (TPSA) is 46.3 Å². The molecule has 2 atom stereocenters. The van der Waals surface area contributed by atoms with Crippen LogP contribution in [0, 0.1) is 17.3 Å². The summed E-state index contributed by atoms with van der Waals surface area (Å²) in [6, 6.07) is 0. The molecule has 19 heavy (non-hydrogen) atoms. The Kier molecular flexibility index (Phi) is 5.78. The number of carbonyl (C=O) groups excluding carboxylic acids is 1. The Labute approximate surface area is 122 Å². The molecule has 110 valence electrons. The molecule has 4 heteroatoms. The Morgan fingerprint density at radius 1 is 1.47 bits per heavy atom. The van der Waals surface area contributed by atoms with Crippen LogP contribution in [0.5, 0.6) is 0 Å². The van der Waals surface area contributed by atoms with E-state index in [1.54, 1.807) is 0 Å². The van der Waals surface area contributed by atoms with Crippen molar-refractivity contribution >= 4 is 23.1 Å². The van der Waals surface area contributed by atoms with Crippen LogP contribution in [-0.2, 0) is 4.79 Å². The largest absolute Gasteiger partial charge is 0.393 e. The van der Waals surface area contributed by atoms with Gasteiger partial charge in [0.25, 0.3) is 0 Å². The maximum atomic E-state index is 12.7. The van der Waals surface area contributed by atoms with Crippen LogP contribution in [0.4, 0.5) is 0 Å². The van der Waals surface area contributed by atoms with E-state index in [9.17, 15) is 4.79 Å². The van der Waals surface area contributed by atoms with Crippen molar-refractivity contribution in [2.75, 3.05) is 13.1 Å². The molecule has 0 heterocycles. The van der Waals surface area contributed by atoms with Crippen molar-refractivity contribution in [3.63, 3.8) is 0 Å². The van der Waals surface area contributed by atoms with Gasteiger partial charge in [-0.15, -0.1) is 0 Å². The third kappa shape index (κ3) is 4.16. The maximum Gasteiger partial charge on any atom is 0.226 e. The van der Waals surface area contributed by atoms with E-state index < -0.39 is 0 Å². The zero-order chi connectivity index (χ0) is 14.6. The van der Waals surface area contributed by atoms with Gasteiger partial charge in [-0.05, 0) is 25.2 Å². The Morgan fingerprint density at radius 3 is 2.58 bits per heavy atom. The molecule has 2 unspecified atom stereocenters. The number of carbonyl (C=O) groups is 1. The number of thiocarbonyl (C=S) groups is 1. The van der Waals surface area contributed by atoms with Crippen LogP contribution < -0.4 is 5.73 Å². The summed E-state index contributed by atoms with van der Waals surface area (Å²) in [5.41, 5.74) is 5.78. The molecule has 0 saturated heterocycles. The average Bonchev–Trinajstić information content (AvgIpc) is 2.34. The lowest BCUT2D eigenvalue weighted by molar-refractivity contribution is -0.141. The molecule has 1 rings (SSSR count). The molecule has 1 saturated carbocycles. The standard InChI is InChI=1S/C15H28N2OS/c1-5-17(10-11(2)13(16)19)14(18)12-8-6-7-9-15(12,3)4/h11-12H,5-10H2,1-4H3,(H2,16,19). The van der Waals surface area contributed by atoms with Gasteiger partial charge < -0.3 is 10.6 Å². The minimum Gasteiger partial charge on any atom is -0.393 e. The van der Waals surface area contributed by atoms with Gasteiger partial charge in [-0.25, -0.2) is 0 Å². The summed E-state index contributed by atoms with van der Waals surface area (Å²) in [6.07, 6.45) is 4.57. The number of nitrogens with two attached hydrogens (primary N) is 1. The van der Waals surface area contributed by atoms with Gasteiger partial charge in [0.05, 0.1) is 4.99 Å². The Morgan fingerprint density at radius 2 is 2.11 bits per heavy atom. The third-order valence-corrected chi connectivity index (χ3v) is 4.88. The quantitative estimate of drug-likeness (QED) is 0.790. The highest BCUT2D eigenvalue weighted by Gasteiger charge is 2.39. The van der Waals surface area contributed by atoms with E-state index in [1.165, 1.54) is 12.8 Å². The minimum atomic E-state index is 0.0885. The molecule has 1 aliphatic carbocycles. The average molecular weight is 284 g/mol. The molecule has 2 N–H and O–H groups in total. The fourth-order valence-electron chi connectivity index (χ4n) is 2.97. The molecule has 1 aliphatic rings. The van der Waals surface area contributed by atoms with E-state index in [0.717, 1.165) is 19.4 Å². The van der Waals surface area contributed by atoms with Gasteiger partial charge >= 0.3 is 0 Å². The summed E-state index contributed by atoms with van der Waals surface area (Å²) in [7, 11) is 0. The summed E-state index contributed by atoms with van der Waals surface area (Å²) in [5, 5.41) is 0. The van der Waals surface area contributed by atoms with Crippen LogP contribution >= 0.6 is 12.2 Å². The lowest BCUT2D eigenvalue weighted by atomic mass is 9.68. The first-order valence-corrected chi connectivity index (χ1v) is 7.78. The van der Waals surface area contributed by atoms with Crippen LogP contribution in [-0.4, -0.2) is 28.9 Å². The highest BCUT2D eigenvalue weighted by molar-refractivity contribution is 7.80. The van der Waals surface area contributed by atoms with Crippen LogP contribution in [0.1, 0.15) is 53.4 Å². The number of hydrogen-bond acceptors (Lipinski definition) is 2. The molecule has 0 aromatic rings. The lowest BCUT2D eigenvalue weighted by Gasteiger charge is -2.40. The van der Waals surface area contributed by atoms with Gasteiger partial charge in [0.15, 0.2) is 0 Å². The van der Waals surface area contributed by atoms with Crippen LogP contribution in [0.2, 0.25) is 0 Å². The van der Waals surface area contributed by atoms with Crippen molar-refractivity contribution in [2.24, 2.45) is 23.0 Å². The van der Waals surface area contributed by atoms with E-state index >= 15 is 0 Å². The third-order valence-electron chi connectivity index (χ3n) is 4.48. The van der Waals surface area contributed by atoms with Crippen LogP contribution in [0.15, 0.2) is 0 Å². The number of rotatable bonds is 5. The molecule has 1 amide bonds. The molecule has 0 bridgehead atoms. The van der Waals surface area contributed by atoms with Crippen molar-refractivity contribution in [3.05, 3.63) is 0 Å². The number of hydrogen-bond donors (Lipinski definition) is 1. The number of nitrogens with zero attached hydrogens (tertiary/aromatic N) is 1. The molecule has 0 aliphatic heterocycles. The fraction of sp³-hybridized carbons (Fsp3) is 0.867. The van der Waals surface area contributed by atoms with Gasteiger partial charge in [0.2, 0.25) is 5.91 Å². The maximum absolute atomic E-state index is 12.7. The second-order valence-corrected chi connectivity index (χ2v) is 6.94. The summed E-state index contributed by atoms with van der Waals surface area (Å²) in [6.45, 7) is 9.85. The first kappa shape index (κ1) is 16.4. The predicted octanol–water partition coefficient (Wildman–Crippen LogP) is 2.97. The molecular weight excluding hydrogens is 256 g/mol. The Balaban J connectivity index is 2.74. The first-order valence-electron chi connectivity index (χ1n) is 7.37. The Hall–Kier alpha value is -0.640. The molecule has 3 nitrogen and oxygen atoms in total. The van der Waals surface area contributed by atoms with Crippen molar-refractivity contribution < 1.29 is 4.79 Å². The number of amides is 1. The predicted molar refractivity (Wildman–Crippen MR) is 83.9 cm³/mol. The minimum absolute atomic E-state index is 0.0885. The van der Waals surface area contributed by atoms with Crippen molar-refractivity contribution in [2.45, 2.75) is 53.4 Å². The molecule has 0 spiro atoms. The zero-order valence-corrected chi connectivity index (χ0v) is 13.6. The van der Waals surface area contributed by atoms with Crippen molar-refractivity contribution in [3.8, 4) is 0 Å². The van der Waals surface area contributed by atoms with E-state index in [2.05, 4.69) is 13.8 Å². The van der Waals surface area contributed by atoms with Crippen LogP contribution in [0.25, 0.3) is 0 Å². The monoisotopic (exact) mass is 284 g/mol. The van der Waals surface area contributed by atoms with Crippen LogP contribution in [0.3, 0.4) is 0 Å². The summed E-state index contributed by atoms with van der Waals surface area (Å²) in [5.74, 6) is 0.528. The normalized spacial score (nSPS) is 23.7. The first-order chi connectivity index (χ1) is 8.79. The van der Waals surface area contributed by atoms with Crippen molar-refractivity contribution in [1.82, 2.24) is 4.90 Å². The Bertz CT molecular complexity index is 341. The molecule has 1 fully saturated rings.